The van der Waals surface area contributed by atoms with Crippen molar-refractivity contribution in [3.63, 3.8) is 0 Å². The molecule has 0 bridgehead atoms. The van der Waals surface area contributed by atoms with Gasteiger partial charge < -0.3 is 10.1 Å². The van der Waals surface area contributed by atoms with Gasteiger partial charge in [0.2, 0.25) is 15.9 Å². The molecule has 0 fully saturated rings. The third kappa shape index (κ3) is 5.72. The molecule has 7 heteroatoms. The summed E-state index contributed by atoms with van der Waals surface area (Å²) in [5, 5.41) is 2.80. The quantitative estimate of drug-likeness (QED) is 0.752. The second-order valence-electron chi connectivity index (χ2n) is 6.37. The minimum Gasteiger partial charge on any atom is -0.494 e. The fraction of sp³-hybridized carbons (Fsp3) is 0.350. The fourth-order valence-electron chi connectivity index (χ4n) is 2.82. The summed E-state index contributed by atoms with van der Waals surface area (Å²) in [5.41, 5.74) is 2.27. The number of ether oxygens (including phenoxy) is 1. The third-order valence-electron chi connectivity index (χ3n) is 4.02. The number of amides is 1. The third-order valence-corrected chi connectivity index (χ3v) is 5.26. The Morgan fingerprint density at radius 1 is 1.19 bits per heavy atom. The first-order valence-electron chi connectivity index (χ1n) is 8.78. The molecule has 2 aromatic carbocycles. The van der Waals surface area contributed by atoms with E-state index in [0.717, 1.165) is 27.4 Å². The Kier molecular flexibility index (Phi) is 6.85. The van der Waals surface area contributed by atoms with E-state index in [1.807, 2.05) is 44.2 Å². The molecule has 0 heterocycles. The molecule has 6 nitrogen and oxygen atoms in total. The Morgan fingerprint density at radius 2 is 1.89 bits per heavy atom. The van der Waals surface area contributed by atoms with Crippen LogP contribution in [0.25, 0.3) is 0 Å². The molecule has 1 N–H and O–H groups in total. The zero-order valence-electron chi connectivity index (χ0n) is 16.1. The zero-order valence-corrected chi connectivity index (χ0v) is 16.9. The highest BCUT2D eigenvalue weighted by Gasteiger charge is 2.29. The first-order valence-corrected chi connectivity index (χ1v) is 10.6. The smallest absolute Gasteiger partial charge is 0.243 e. The normalized spacial score (nSPS) is 12.3. The number of hydrogen-bond donors (Lipinski definition) is 1. The zero-order chi connectivity index (χ0) is 20.0. The van der Waals surface area contributed by atoms with Gasteiger partial charge in [0.25, 0.3) is 0 Å². The van der Waals surface area contributed by atoms with Crippen LogP contribution in [-0.4, -0.2) is 33.2 Å². The average Bonchev–Trinajstić information content (AvgIpc) is 2.59. The van der Waals surface area contributed by atoms with E-state index >= 15 is 0 Å². The fourth-order valence-corrected chi connectivity index (χ4v) is 3.99. The number of anilines is 1. The number of sulfonamides is 1. The Bertz CT molecular complexity index is 896. The Morgan fingerprint density at radius 3 is 2.52 bits per heavy atom. The first kappa shape index (κ1) is 20.8. The summed E-state index contributed by atoms with van der Waals surface area (Å²) in [7, 11) is -3.62. The van der Waals surface area contributed by atoms with Gasteiger partial charge in [-0.05, 0) is 56.2 Å². The molecule has 0 aliphatic heterocycles. The standard InChI is InChI=1S/C20H26N2O4S/c1-5-26-19-11-7-9-17(13-19)14-21-20(23)16(3)22(27(4,24)25)18-10-6-8-15(2)12-18/h6-13,16H,5,14H2,1-4H3,(H,21,23)/t16-/m0/s1. The van der Waals surface area contributed by atoms with Gasteiger partial charge in [-0.2, -0.15) is 0 Å². The van der Waals surface area contributed by atoms with Crippen LogP contribution in [0.1, 0.15) is 25.0 Å². The highest BCUT2D eigenvalue weighted by molar-refractivity contribution is 7.92. The molecule has 0 radical (unpaired) electrons. The summed E-state index contributed by atoms with van der Waals surface area (Å²) in [6.07, 6.45) is 1.10. The van der Waals surface area contributed by atoms with Gasteiger partial charge in [-0.1, -0.05) is 24.3 Å². The second-order valence-corrected chi connectivity index (χ2v) is 8.23. The lowest BCUT2D eigenvalue weighted by Gasteiger charge is -2.28. The van der Waals surface area contributed by atoms with Crippen molar-refractivity contribution in [1.29, 1.82) is 0 Å². The summed E-state index contributed by atoms with van der Waals surface area (Å²) in [6.45, 7) is 6.21. The summed E-state index contributed by atoms with van der Waals surface area (Å²) in [5.74, 6) is 0.360. The van der Waals surface area contributed by atoms with Crippen LogP contribution >= 0.6 is 0 Å². The molecule has 0 spiro atoms. The lowest BCUT2D eigenvalue weighted by Crippen LogP contribution is -2.47. The molecule has 0 saturated carbocycles. The molecule has 0 saturated heterocycles. The average molecular weight is 391 g/mol. The van der Waals surface area contributed by atoms with Crippen LogP contribution in [-0.2, 0) is 21.4 Å². The van der Waals surface area contributed by atoms with Crippen molar-refractivity contribution in [2.24, 2.45) is 0 Å². The number of benzene rings is 2. The van der Waals surface area contributed by atoms with Gasteiger partial charge in [-0.25, -0.2) is 8.42 Å². The van der Waals surface area contributed by atoms with Crippen LogP contribution in [0.4, 0.5) is 5.69 Å². The predicted octanol–water partition coefficient (Wildman–Crippen LogP) is 2.86. The van der Waals surface area contributed by atoms with Gasteiger partial charge in [-0.3, -0.25) is 9.10 Å². The van der Waals surface area contributed by atoms with E-state index in [1.54, 1.807) is 25.1 Å². The molecule has 146 valence electrons. The number of nitrogens with zero attached hydrogens (tertiary/aromatic N) is 1. The van der Waals surface area contributed by atoms with Crippen molar-refractivity contribution < 1.29 is 17.9 Å². The van der Waals surface area contributed by atoms with Crippen LogP contribution in [0.3, 0.4) is 0 Å². The number of hydrogen-bond acceptors (Lipinski definition) is 4. The topological polar surface area (TPSA) is 75.7 Å². The maximum Gasteiger partial charge on any atom is 0.243 e. The monoisotopic (exact) mass is 390 g/mol. The summed E-state index contributed by atoms with van der Waals surface area (Å²) in [4.78, 5) is 12.6. The van der Waals surface area contributed by atoms with Gasteiger partial charge in [0, 0.05) is 6.54 Å². The van der Waals surface area contributed by atoms with Crippen LogP contribution in [0, 0.1) is 6.92 Å². The number of aryl methyl sites for hydroxylation is 1. The highest BCUT2D eigenvalue weighted by atomic mass is 32.2. The maximum atomic E-state index is 12.6. The maximum absolute atomic E-state index is 12.6. The van der Waals surface area contributed by atoms with Crippen molar-refractivity contribution in [1.82, 2.24) is 5.32 Å². The largest absolute Gasteiger partial charge is 0.494 e. The van der Waals surface area contributed by atoms with Gasteiger partial charge in [0.05, 0.1) is 18.6 Å². The SMILES string of the molecule is CCOc1cccc(CNC(=O)[C@H](C)N(c2cccc(C)c2)S(C)(=O)=O)c1. The highest BCUT2D eigenvalue weighted by Crippen LogP contribution is 2.22. The van der Waals surface area contributed by atoms with Crippen molar-refractivity contribution in [3.8, 4) is 5.75 Å². The van der Waals surface area contributed by atoms with Crippen LogP contribution < -0.4 is 14.4 Å². The number of carbonyl (C=O) groups excluding carboxylic acids is 1. The molecule has 2 aromatic rings. The lowest BCUT2D eigenvalue weighted by atomic mass is 10.2. The van der Waals surface area contributed by atoms with Crippen molar-refractivity contribution in [2.75, 3.05) is 17.2 Å². The van der Waals surface area contributed by atoms with Crippen molar-refractivity contribution in [3.05, 3.63) is 59.7 Å². The summed E-state index contributed by atoms with van der Waals surface area (Å²) in [6, 6.07) is 13.6. The lowest BCUT2D eigenvalue weighted by molar-refractivity contribution is -0.122. The first-order chi connectivity index (χ1) is 12.7. The van der Waals surface area contributed by atoms with Gasteiger partial charge in [0.1, 0.15) is 11.8 Å². The number of rotatable bonds is 8. The predicted molar refractivity (Wildman–Crippen MR) is 107 cm³/mol. The van der Waals surface area contributed by atoms with E-state index in [-0.39, 0.29) is 12.5 Å². The van der Waals surface area contributed by atoms with E-state index in [2.05, 4.69) is 5.32 Å². The van der Waals surface area contributed by atoms with E-state index < -0.39 is 16.1 Å². The van der Waals surface area contributed by atoms with Crippen LogP contribution in [0.5, 0.6) is 5.75 Å². The van der Waals surface area contributed by atoms with E-state index in [0.29, 0.717) is 12.3 Å². The van der Waals surface area contributed by atoms with Crippen LogP contribution in [0.15, 0.2) is 48.5 Å². The van der Waals surface area contributed by atoms with Gasteiger partial charge in [-0.15, -0.1) is 0 Å². The van der Waals surface area contributed by atoms with Crippen molar-refractivity contribution in [2.45, 2.75) is 33.4 Å². The minimum atomic E-state index is -3.62. The molecule has 0 aliphatic carbocycles. The molecule has 0 unspecified atom stereocenters. The molecule has 2 rings (SSSR count). The molecular weight excluding hydrogens is 364 g/mol. The molecule has 0 aliphatic rings. The Labute approximate surface area is 161 Å². The van der Waals surface area contributed by atoms with Crippen LogP contribution in [0.2, 0.25) is 0 Å². The minimum absolute atomic E-state index is 0.287. The number of nitrogens with one attached hydrogen (secondary N) is 1. The molecule has 27 heavy (non-hydrogen) atoms. The Hall–Kier alpha value is -2.54. The summed E-state index contributed by atoms with van der Waals surface area (Å²) < 4.78 is 31.2. The van der Waals surface area contributed by atoms with Gasteiger partial charge >= 0.3 is 0 Å². The van der Waals surface area contributed by atoms with Gasteiger partial charge in [0.15, 0.2) is 0 Å². The molecule has 1 amide bonds. The second kappa shape index (κ2) is 8.90. The Balaban J connectivity index is 2.14. The number of carbonyl (C=O) groups is 1. The van der Waals surface area contributed by atoms with E-state index in [4.69, 9.17) is 4.74 Å². The van der Waals surface area contributed by atoms with Crippen molar-refractivity contribution >= 4 is 21.6 Å². The van der Waals surface area contributed by atoms with E-state index in [1.165, 1.54) is 0 Å². The van der Waals surface area contributed by atoms with E-state index in [9.17, 15) is 13.2 Å². The molecule has 1 atom stereocenters. The molecular formula is C20H26N2O4S. The molecule has 0 aromatic heterocycles. The summed E-state index contributed by atoms with van der Waals surface area (Å²) >= 11 is 0.